The van der Waals surface area contributed by atoms with Gasteiger partial charge in [-0.05, 0) is 40.0 Å². The molecule has 0 radical (unpaired) electrons. The first-order chi connectivity index (χ1) is 9.53. The maximum absolute atomic E-state index is 5.88. The number of thiazole rings is 1. The first-order valence-electron chi connectivity index (χ1n) is 7.61. The summed E-state index contributed by atoms with van der Waals surface area (Å²) in [7, 11) is 0. The van der Waals surface area contributed by atoms with Crippen LogP contribution < -0.4 is 10.2 Å². The smallest absolute Gasteiger partial charge is 0.185 e. The number of hydrogen-bond donors (Lipinski definition) is 1. The second-order valence-corrected chi connectivity index (χ2v) is 7.91. The van der Waals surface area contributed by atoms with E-state index >= 15 is 0 Å². The van der Waals surface area contributed by atoms with E-state index in [0.29, 0.717) is 12.1 Å². The van der Waals surface area contributed by atoms with Crippen LogP contribution in [0.15, 0.2) is 6.20 Å². The van der Waals surface area contributed by atoms with Gasteiger partial charge in [-0.2, -0.15) is 0 Å². The summed E-state index contributed by atoms with van der Waals surface area (Å²) in [6.07, 6.45) is 6.21. The Morgan fingerprint density at radius 1 is 1.45 bits per heavy atom. The van der Waals surface area contributed by atoms with Gasteiger partial charge in [-0.1, -0.05) is 0 Å². The van der Waals surface area contributed by atoms with E-state index in [-0.39, 0.29) is 5.54 Å². The number of nitrogens with zero attached hydrogens (tertiary/aromatic N) is 2. The fourth-order valence-electron chi connectivity index (χ4n) is 3.03. The Balaban J connectivity index is 1.66. The van der Waals surface area contributed by atoms with Crippen LogP contribution in [0.3, 0.4) is 0 Å². The van der Waals surface area contributed by atoms with Crippen molar-refractivity contribution < 1.29 is 4.74 Å². The van der Waals surface area contributed by atoms with Gasteiger partial charge in [0.05, 0.1) is 18.8 Å². The second kappa shape index (κ2) is 5.62. The number of ether oxygens (including phenoxy) is 1. The van der Waals surface area contributed by atoms with Crippen LogP contribution >= 0.6 is 11.3 Å². The Hall–Kier alpha value is -0.650. The number of nitrogens with one attached hydrogen (secondary N) is 1. The molecule has 0 spiro atoms. The molecule has 1 aromatic rings. The van der Waals surface area contributed by atoms with E-state index in [0.717, 1.165) is 19.7 Å². The Kier molecular flexibility index (Phi) is 4.02. The van der Waals surface area contributed by atoms with Gasteiger partial charge in [0.25, 0.3) is 0 Å². The first-order valence-corrected chi connectivity index (χ1v) is 8.42. The van der Waals surface area contributed by atoms with Gasteiger partial charge in [-0.25, -0.2) is 4.98 Å². The van der Waals surface area contributed by atoms with E-state index < -0.39 is 0 Å². The molecule has 4 nitrogen and oxygen atoms in total. The minimum absolute atomic E-state index is 0.152. The van der Waals surface area contributed by atoms with Crippen molar-refractivity contribution in [1.82, 2.24) is 10.3 Å². The van der Waals surface area contributed by atoms with Gasteiger partial charge in [-0.15, -0.1) is 11.3 Å². The maximum atomic E-state index is 5.88. The molecule has 1 aliphatic heterocycles. The summed E-state index contributed by atoms with van der Waals surface area (Å²) in [5.74, 6) is 0. The Bertz CT molecular complexity index is 454. The van der Waals surface area contributed by atoms with E-state index in [1.165, 1.54) is 29.3 Å². The Labute approximate surface area is 125 Å². The molecule has 1 saturated carbocycles. The quantitative estimate of drug-likeness (QED) is 0.930. The molecular formula is C15H25N3OS. The highest BCUT2D eigenvalue weighted by Gasteiger charge is 2.37. The van der Waals surface area contributed by atoms with Gasteiger partial charge in [0.15, 0.2) is 5.13 Å². The molecule has 1 saturated heterocycles. The van der Waals surface area contributed by atoms with Crippen LogP contribution in [-0.2, 0) is 11.3 Å². The third-order valence-corrected chi connectivity index (χ3v) is 5.10. The minimum atomic E-state index is 0.152. The van der Waals surface area contributed by atoms with Gasteiger partial charge in [0, 0.05) is 29.7 Å². The zero-order valence-electron chi connectivity index (χ0n) is 12.7. The number of anilines is 1. The Morgan fingerprint density at radius 3 is 3.10 bits per heavy atom. The highest BCUT2D eigenvalue weighted by Crippen LogP contribution is 2.34. The number of hydrogen-bond acceptors (Lipinski definition) is 5. The molecule has 1 aliphatic carbocycles. The van der Waals surface area contributed by atoms with Crippen LogP contribution in [0, 0.1) is 0 Å². The third-order valence-electron chi connectivity index (χ3n) is 4.06. The van der Waals surface area contributed by atoms with Crippen LogP contribution in [0.4, 0.5) is 5.13 Å². The molecule has 3 rings (SSSR count). The maximum Gasteiger partial charge on any atom is 0.185 e. The highest BCUT2D eigenvalue weighted by atomic mass is 32.1. The molecule has 0 bridgehead atoms. The SMILES string of the molecule is CC(C)(C)NCc1cnc(N2CCOC3CCCC32)s1. The van der Waals surface area contributed by atoms with Crippen LogP contribution in [0.1, 0.15) is 44.9 Å². The average Bonchev–Trinajstić information content (AvgIpc) is 3.04. The molecule has 1 N–H and O–H groups in total. The molecule has 2 fully saturated rings. The van der Waals surface area contributed by atoms with Gasteiger partial charge in [0.1, 0.15) is 0 Å². The normalized spacial score (nSPS) is 26.9. The van der Waals surface area contributed by atoms with Crippen LogP contribution in [-0.4, -0.2) is 35.8 Å². The van der Waals surface area contributed by atoms with E-state index in [4.69, 9.17) is 4.74 Å². The molecule has 2 unspecified atom stereocenters. The monoisotopic (exact) mass is 295 g/mol. The molecule has 112 valence electrons. The fourth-order valence-corrected chi connectivity index (χ4v) is 3.96. The van der Waals surface area contributed by atoms with Crippen molar-refractivity contribution in [3.8, 4) is 0 Å². The van der Waals surface area contributed by atoms with Crippen molar-refractivity contribution in [2.45, 2.75) is 64.3 Å². The van der Waals surface area contributed by atoms with Crippen molar-refractivity contribution in [3.05, 3.63) is 11.1 Å². The van der Waals surface area contributed by atoms with Gasteiger partial charge in [0.2, 0.25) is 0 Å². The topological polar surface area (TPSA) is 37.4 Å². The number of fused-ring (bicyclic) bond motifs is 1. The molecule has 5 heteroatoms. The highest BCUT2D eigenvalue weighted by molar-refractivity contribution is 7.15. The first kappa shape index (κ1) is 14.3. The number of morpholine rings is 1. The fraction of sp³-hybridized carbons (Fsp3) is 0.800. The Morgan fingerprint density at radius 2 is 2.30 bits per heavy atom. The van der Waals surface area contributed by atoms with E-state index in [2.05, 4.69) is 36.0 Å². The van der Waals surface area contributed by atoms with Gasteiger partial charge < -0.3 is 15.0 Å². The largest absolute Gasteiger partial charge is 0.374 e. The van der Waals surface area contributed by atoms with Crippen LogP contribution in [0.2, 0.25) is 0 Å². The zero-order chi connectivity index (χ0) is 14.2. The lowest BCUT2D eigenvalue weighted by Gasteiger charge is -2.37. The molecule has 20 heavy (non-hydrogen) atoms. The standard InChI is InChI=1S/C15H25N3OS/c1-15(2,3)17-10-11-9-16-14(20-11)18-7-8-19-13-6-4-5-12(13)18/h9,12-13,17H,4-8,10H2,1-3H3. The van der Waals surface area contributed by atoms with E-state index in [1.54, 1.807) is 0 Å². The van der Waals surface area contributed by atoms with E-state index in [9.17, 15) is 0 Å². The number of rotatable bonds is 3. The van der Waals surface area contributed by atoms with Crippen molar-refractivity contribution >= 4 is 16.5 Å². The number of aromatic nitrogens is 1. The zero-order valence-corrected chi connectivity index (χ0v) is 13.5. The van der Waals surface area contributed by atoms with Gasteiger partial charge in [-0.3, -0.25) is 0 Å². The lowest BCUT2D eigenvalue weighted by molar-refractivity contribution is 0.0256. The summed E-state index contributed by atoms with van der Waals surface area (Å²) < 4.78 is 5.88. The molecule has 2 atom stereocenters. The summed E-state index contributed by atoms with van der Waals surface area (Å²) in [4.78, 5) is 8.44. The molecule has 2 aliphatic rings. The summed E-state index contributed by atoms with van der Waals surface area (Å²) in [5, 5.41) is 4.70. The average molecular weight is 295 g/mol. The van der Waals surface area contributed by atoms with Crippen LogP contribution in [0.5, 0.6) is 0 Å². The van der Waals surface area contributed by atoms with Crippen molar-refractivity contribution in [1.29, 1.82) is 0 Å². The summed E-state index contributed by atoms with van der Waals surface area (Å²) in [6.45, 7) is 9.32. The van der Waals surface area contributed by atoms with Crippen molar-refractivity contribution in [2.75, 3.05) is 18.1 Å². The predicted octanol–water partition coefficient (Wildman–Crippen LogP) is 2.79. The molecule has 0 amide bonds. The molecule has 2 heterocycles. The van der Waals surface area contributed by atoms with E-state index in [1.807, 2.05) is 17.5 Å². The molecule has 0 aromatic carbocycles. The lowest BCUT2D eigenvalue weighted by atomic mass is 10.1. The van der Waals surface area contributed by atoms with Gasteiger partial charge >= 0.3 is 0 Å². The molecular weight excluding hydrogens is 270 g/mol. The lowest BCUT2D eigenvalue weighted by Crippen LogP contribution is -2.48. The van der Waals surface area contributed by atoms with Crippen LogP contribution in [0.25, 0.3) is 0 Å². The third kappa shape index (κ3) is 3.15. The second-order valence-electron chi connectivity index (χ2n) is 6.81. The molecule has 1 aromatic heterocycles. The minimum Gasteiger partial charge on any atom is -0.374 e. The summed E-state index contributed by atoms with van der Waals surface area (Å²) >= 11 is 1.83. The van der Waals surface area contributed by atoms with Crippen molar-refractivity contribution in [2.24, 2.45) is 0 Å². The summed E-state index contributed by atoms with van der Waals surface area (Å²) in [5.41, 5.74) is 0.152. The summed E-state index contributed by atoms with van der Waals surface area (Å²) in [6, 6.07) is 0.554. The predicted molar refractivity (Wildman–Crippen MR) is 83.4 cm³/mol. The van der Waals surface area contributed by atoms with Crippen molar-refractivity contribution in [3.63, 3.8) is 0 Å².